The van der Waals surface area contributed by atoms with Crippen molar-refractivity contribution in [3.8, 4) is 16.9 Å². The van der Waals surface area contributed by atoms with Crippen molar-refractivity contribution in [2.24, 2.45) is 0 Å². The zero-order chi connectivity index (χ0) is 13.3. The average Bonchev–Trinajstić information content (AvgIpc) is 2.59. The topological polar surface area (TPSA) is 51.2 Å². The minimum Gasteiger partial charge on any atom is -0.505 e. The molecule has 2 rings (SSSR count). The standard InChI is InChI=1S/C13H14BrFN2O/c1-2-17-10(7-15)12(18)11(13(17)16)8-4-3-5-9(14)6-8/h3-6,18H,2,7,16H2,1H3. The fourth-order valence-electron chi connectivity index (χ4n) is 2.10. The van der Waals surface area contributed by atoms with E-state index in [0.29, 0.717) is 17.9 Å². The molecule has 0 fully saturated rings. The normalized spacial score (nSPS) is 10.8. The molecular weight excluding hydrogens is 299 g/mol. The molecule has 0 aliphatic carbocycles. The number of aromatic nitrogens is 1. The highest BCUT2D eigenvalue weighted by molar-refractivity contribution is 9.10. The first kappa shape index (κ1) is 13.0. The van der Waals surface area contributed by atoms with Gasteiger partial charge < -0.3 is 15.4 Å². The molecule has 1 heterocycles. The van der Waals surface area contributed by atoms with Gasteiger partial charge in [-0.25, -0.2) is 4.39 Å². The number of benzene rings is 1. The van der Waals surface area contributed by atoms with Gasteiger partial charge in [0, 0.05) is 11.0 Å². The molecule has 0 aliphatic heterocycles. The summed E-state index contributed by atoms with van der Waals surface area (Å²) < 4.78 is 15.4. The molecule has 0 aliphatic rings. The van der Waals surface area contributed by atoms with Gasteiger partial charge in [-0.2, -0.15) is 0 Å². The number of nitrogens with two attached hydrogens (primary N) is 1. The van der Waals surface area contributed by atoms with Crippen LogP contribution in [0.4, 0.5) is 10.2 Å². The lowest BCUT2D eigenvalue weighted by atomic mass is 10.1. The first-order valence-corrected chi connectivity index (χ1v) is 6.41. The van der Waals surface area contributed by atoms with E-state index in [-0.39, 0.29) is 11.4 Å². The van der Waals surface area contributed by atoms with E-state index in [1.54, 1.807) is 4.57 Å². The maximum atomic E-state index is 13.0. The smallest absolute Gasteiger partial charge is 0.149 e. The Kier molecular flexibility index (Phi) is 3.61. The van der Waals surface area contributed by atoms with Crippen LogP contribution in [0, 0.1) is 0 Å². The summed E-state index contributed by atoms with van der Waals surface area (Å²) in [5.74, 6) is 0.315. The molecule has 96 valence electrons. The monoisotopic (exact) mass is 312 g/mol. The lowest BCUT2D eigenvalue weighted by Crippen LogP contribution is -2.03. The van der Waals surface area contributed by atoms with Gasteiger partial charge in [-0.05, 0) is 24.6 Å². The third-order valence-electron chi connectivity index (χ3n) is 2.94. The number of rotatable bonds is 3. The van der Waals surface area contributed by atoms with E-state index >= 15 is 0 Å². The molecule has 1 aromatic carbocycles. The summed E-state index contributed by atoms with van der Waals surface area (Å²) in [6, 6.07) is 7.39. The largest absolute Gasteiger partial charge is 0.505 e. The molecule has 18 heavy (non-hydrogen) atoms. The molecule has 0 atom stereocenters. The van der Waals surface area contributed by atoms with Crippen molar-refractivity contribution in [3.05, 3.63) is 34.4 Å². The first-order chi connectivity index (χ1) is 8.60. The summed E-state index contributed by atoms with van der Waals surface area (Å²) in [5.41, 5.74) is 7.48. The zero-order valence-electron chi connectivity index (χ0n) is 9.95. The molecule has 0 bridgehead atoms. The summed E-state index contributed by atoms with van der Waals surface area (Å²) in [7, 11) is 0. The zero-order valence-corrected chi connectivity index (χ0v) is 11.5. The molecule has 2 aromatic rings. The second-order valence-electron chi connectivity index (χ2n) is 3.94. The molecule has 5 heteroatoms. The number of alkyl halides is 1. The molecule has 3 nitrogen and oxygen atoms in total. The summed E-state index contributed by atoms with van der Waals surface area (Å²) >= 11 is 3.36. The maximum Gasteiger partial charge on any atom is 0.149 e. The van der Waals surface area contributed by atoms with Gasteiger partial charge in [0.25, 0.3) is 0 Å². The molecule has 0 unspecified atom stereocenters. The molecule has 0 saturated carbocycles. The van der Waals surface area contributed by atoms with Crippen LogP contribution < -0.4 is 5.73 Å². The third-order valence-corrected chi connectivity index (χ3v) is 3.43. The van der Waals surface area contributed by atoms with E-state index in [1.807, 2.05) is 31.2 Å². The van der Waals surface area contributed by atoms with Gasteiger partial charge >= 0.3 is 0 Å². The van der Waals surface area contributed by atoms with Gasteiger partial charge in [0.05, 0.1) is 11.3 Å². The van der Waals surface area contributed by atoms with Crippen molar-refractivity contribution in [3.63, 3.8) is 0 Å². The van der Waals surface area contributed by atoms with Gasteiger partial charge in [0.15, 0.2) is 0 Å². The molecule has 0 amide bonds. The fourth-order valence-corrected chi connectivity index (χ4v) is 2.50. The van der Waals surface area contributed by atoms with E-state index < -0.39 is 6.67 Å². The summed E-state index contributed by atoms with van der Waals surface area (Å²) in [6.45, 7) is 1.64. The highest BCUT2D eigenvalue weighted by atomic mass is 79.9. The van der Waals surface area contributed by atoms with E-state index in [1.165, 1.54) is 0 Å². The van der Waals surface area contributed by atoms with E-state index in [4.69, 9.17) is 5.73 Å². The molecular formula is C13H14BrFN2O. The number of anilines is 1. The van der Waals surface area contributed by atoms with Crippen LogP contribution in [0.2, 0.25) is 0 Å². The second-order valence-corrected chi connectivity index (χ2v) is 4.86. The van der Waals surface area contributed by atoms with Crippen LogP contribution in [0.25, 0.3) is 11.1 Å². The predicted molar refractivity (Wildman–Crippen MR) is 74.1 cm³/mol. The van der Waals surface area contributed by atoms with Crippen molar-refractivity contribution in [2.75, 3.05) is 5.73 Å². The van der Waals surface area contributed by atoms with Crippen LogP contribution in [0.5, 0.6) is 5.75 Å². The molecule has 1 aromatic heterocycles. The van der Waals surface area contributed by atoms with Gasteiger partial charge in [-0.1, -0.05) is 28.1 Å². The molecule has 0 saturated heterocycles. The van der Waals surface area contributed by atoms with E-state index in [0.717, 1.165) is 10.0 Å². The number of hydrogen-bond acceptors (Lipinski definition) is 2. The van der Waals surface area contributed by atoms with E-state index in [2.05, 4.69) is 15.9 Å². The lowest BCUT2D eigenvalue weighted by Gasteiger charge is -2.05. The van der Waals surface area contributed by atoms with Crippen LogP contribution in [0.3, 0.4) is 0 Å². The summed E-state index contributed by atoms with van der Waals surface area (Å²) in [4.78, 5) is 0. The lowest BCUT2D eigenvalue weighted by molar-refractivity contribution is 0.417. The van der Waals surface area contributed by atoms with Crippen molar-refractivity contribution in [1.82, 2.24) is 4.57 Å². The number of nitrogen functional groups attached to an aromatic ring is 1. The molecule has 0 radical (unpaired) electrons. The minimum absolute atomic E-state index is 0.0741. The highest BCUT2D eigenvalue weighted by Crippen LogP contribution is 2.41. The van der Waals surface area contributed by atoms with Crippen molar-refractivity contribution in [1.29, 1.82) is 0 Å². The third kappa shape index (κ3) is 1.99. The quantitative estimate of drug-likeness (QED) is 0.908. The summed E-state index contributed by atoms with van der Waals surface area (Å²) in [6.07, 6.45) is 0. The Bertz CT molecular complexity index is 553. The van der Waals surface area contributed by atoms with Crippen LogP contribution in [-0.2, 0) is 13.2 Å². The number of nitrogens with zero attached hydrogens (tertiary/aromatic N) is 1. The van der Waals surface area contributed by atoms with Crippen LogP contribution in [0.1, 0.15) is 12.6 Å². The van der Waals surface area contributed by atoms with Crippen molar-refractivity contribution < 1.29 is 9.50 Å². The first-order valence-electron chi connectivity index (χ1n) is 5.61. The number of aromatic hydroxyl groups is 1. The number of hydrogen-bond donors (Lipinski definition) is 2. The maximum absolute atomic E-state index is 13.0. The van der Waals surface area contributed by atoms with Gasteiger partial charge in [-0.15, -0.1) is 0 Å². The molecule has 3 N–H and O–H groups in total. The Hall–Kier alpha value is -1.49. The van der Waals surface area contributed by atoms with E-state index in [9.17, 15) is 9.50 Å². The van der Waals surface area contributed by atoms with Crippen LogP contribution in [-0.4, -0.2) is 9.67 Å². The average molecular weight is 313 g/mol. The predicted octanol–water partition coefficient (Wildman–Crippen LogP) is 3.69. The van der Waals surface area contributed by atoms with Gasteiger partial charge in [-0.3, -0.25) is 0 Å². The van der Waals surface area contributed by atoms with Crippen LogP contribution in [0.15, 0.2) is 28.7 Å². The summed E-state index contributed by atoms with van der Waals surface area (Å²) in [5, 5.41) is 10.1. The Morgan fingerprint density at radius 2 is 2.17 bits per heavy atom. The SMILES string of the molecule is CCn1c(N)c(-c2cccc(Br)c2)c(O)c1CF. The second kappa shape index (κ2) is 5.02. The van der Waals surface area contributed by atoms with Gasteiger partial charge in [0.2, 0.25) is 0 Å². The van der Waals surface area contributed by atoms with Gasteiger partial charge in [0.1, 0.15) is 18.2 Å². The Morgan fingerprint density at radius 3 is 2.67 bits per heavy atom. The van der Waals surface area contributed by atoms with Crippen molar-refractivity contribution in [2.45, 2.75) is 20.1 Å². The Balaban J connectivity index is 2.68. The highest BCUT2D eigenvalue weighted by Gasteiger charge is 2.21. The molecule has 0 spiro atoms. The Labute approximate surface area is 113 Å². The number of halogens is 2. The minimum atomic E-state index is -0.738. The Morgan fingerprint density at radius 1 is 1.44 bits per heavy atom. The fraction of sp³-hybridized carbons (Fsp3) is 0.231. The van der Waals surface area contributed by atoms with Crippen LogP contribution >= 0.6 is 15.9 Å². The van der Waals surface area contributed by atoms with Crippen molar-refractivity contribution >= 4 is 21.7 Å².